The number of carbonyl (C=O) groups is 2. The molecule has 0 aliphatic heterocycles. The fraction of sp³-hybridized carbons (Fsp3) is 0.231. The molecule has 20 heavy (non-hydrogen) atoms. The lowest BCUT2D eigenvalue weighted by molar-refractivity contribution is -0.116. The summed E-state index contributed by atoms with van der Waals surface area (Å²) in [6.45, 7) is 0. The number of thiophene rings is 2. The van der Waals surface area contributed by atoms with Gasteiger partial charge in [0.25, 0.3) is 0 Å². The highest BCUT2D eigenvalue weighted by Gasteiger charge is 2.13. The predicted octanol–water partition coefficient (Wildman–Crippen LogP) is 4.23. The number of halogens is 1. The first-order valence-electron chi connectivity index (χ1n) is 5.91. The topological polar surface area (TPSA) is 66.4 Å². The summed E-state index contributed by atoms with van der Waals surface area (Å²) in [5.74, 6) is -1.17. The molecule has 7 heteroatoms. The van der Waals surface area contributed by atoms with Crippen molar-refractivity contribution in [1.82, 2.24) is 0 Å². The zero-order chi connectivity index (χ0) is 14.5. The van der Waals surface area contributed by atoms with Crippen LogP contribution in [0.4, 0.5) is 5.00 Å². The van der Waals surface area contributed by atoms with Crippen LogP contribution in [-0.4, -0.2) is 17.0 Å². The molecule has 0 bridgehead atoms. The van der Waals surface area contributed by atoms with Gasteiger partial charge in [0.1, 0.15) is 5.00 Å². The molecule has 2 aromatic heterocycles. The Hall–Kier alpha value is -1.18. The minimum atomic E-state index is -1.02. The van der Waals surface area contributed by atoms with E-state index in [1.54, 1.807) is 16.7 Å². The van der Waals surface area contributed by atoms with Crippen LogP contribution >= 0.6 is 38.6 Å². The first-order valence-corrected chi connectivity index (χ1v) is 8.40. The average Bonchev–Trinajstić information content (AvgIpc) is 2.98. The molecule has 2 heterocycles. The molecule has 4 nitrogen and oxygen atoms in total. The van der Waals surface area contributed by atoms with Gasteiger partial charge in [-0.2, -0.15) is 0 Å². The number of nitrogens with one attached hydrogen (secondary N) is 1. The van der Waals surface area contributed by atoms with Gasteiger partial charge in [-0.1, -0.05) is 0 Å². The predicted molar refractivity (Wildman–Crippen MR) is 84.9 cm³/mol. The summed E-state index contributed by atoms with van der Waals surface area (Å²) in [4.78, 5) is 23.9. The molecule has 0 atom stereocenters. The molecule has 0 aliphatic carbocycles. The van der Waals surface area contributed by atoms with Crippen molar-refractivity contribution in [3.63, 3.8) is 0 Å². The van der Waals surface area contributed by atoms with E-state index in [4.69, 9.17) is 5.11 Å². The van der Waals surface area contributed by atoms with Crippen molar-refractivity contribution < 1.29 is 14.7 Å². The Morgan fingerprint density at radius 3 is 2.75 bits per heavy atom. The lowest BCUT2D eigenvalue weighted by Gasteiger charge is -2.03. The highest BCUT2D eigenvalue weighted by atomic mass is 79.9. The number of carbonyl (C=O) groups excluding carboxylic acids is 1. The number of hydrogen-bond donors (Lipinski definition) is 2. The van der Waals surface area contributed by atoms with Crippen LogP contribution in [0.1, 0.15) is 28.1 Å². The average molecular weight is 374 g/mol. The second-order valence-electron chi connectivity index (χ2n) is 4.08. The molecule has 0 radical (unpaired) electrons. The molecule has 2 rings (SSSR count). The maximum atomic E-state index is 11.8. The maximum absolute atomic E-state index is 11.8. The van der Waals surface area contributed by atoms with Crippen LogP contribution in [0.5, 0.6) is 0 Å². The molecule has 0 saturated carbocycles. The van der Waals surface area contributed by atoms with Gasteiger partial charge < -0.3 is 10.4 Å². The van der Waals surface area contributed by atoms with E-state index in [2.05, 4.69) is 21.2 Å². The van der Waals surface area contributed by atoms with Crippen LogP contribution in [-0.2, 0) is 11.2 Å². The van der Waals surface area contributed by atoms with Gasteiger partial charge in [0.05, 0.1) is 9.35 Å². The lowest BCUT2D eigenvalue weighted by atomic mass is 10.2. The van der Waals surface area contributed by atoms with Crippen molar-refractivity contribution in [3.8, 4) is 0 Å². The van der Waals surface area contributed by atoms with Crippen molar-refractivity contribution in [3.05, 3.63) is 37.8 Å². The van der Waals surface area contributed by atoms with Crippen molar-refractivity contribution in [2.45, 2.75) is 19.3 Å². The Morgan fingerprint density at radius 2 is 2.10 bits per heavy atom. The van der Waals surface area contributed by atoms with E-state index in [1.807, 2.05) is 12.1 Å². The summed E-state index contributed by atoms with van der Waals surface area (Å²) in [6, 6.07) is 5.52. The smallest absolute Gasteiger partial charge is 0.338 e. The Kier molecular flexibility index (Phi) is 5.33. The third-order valence-corrected chi connectivity index (χ3v) is 5.12. The van der Waals surface area contributed by atoms with E-state index in [0.717, 1.165) is 16.6 Å². The summed E-state index contributed by atoms with van der Waals surface area (Å²) < 4.78 is 1.08. The third-order valence-electron chi connectivity index (χ3n) is 2.60. The summed E-state index contributed by atoms with van der Waals surface area (Å²) in [6.07, 6.45) is 1.97. The minimum Gasteiger partial charge on any atom is -0.478 e. The Labute approximate surface area is 132 Å². The zero-order valence-corrected chi connectivity index (χ0v) is 13.6. The number of rotatable bonds is 6. The summed E-state index contributed by atoms with van der Waals surface area (Å²) in [5, 5.41) is 13.7. The van der Waals surface area contributed by atoms with Crippen LogP contribution in [0, 0.1) is 0 Å². The van der Waals surface area contributed by atoms with Gasteiger partial charge in [-0.05, 0) is 52.4 Å². The van der Waals surface area contributed by atoms with Gasteiger partial charge in [-0.25, -0.2) is 4.79 Å². The van der Waals surface area contributed by atoms with Crippen LogP contribution < -0.4 is 5.32 Å². The van der Waals surface area contributed by atoms with E-state index in [-0.39, 0.29) is 11.5 Å². The third kappa shape index (κ3) is 4.16. The van der Waals surface area contributed by atoms with E-state index in [0.29, 0.717) is 11.4 Å². The second-order valence-corrected chi connectivity index (χ2v) is 7.54. The van der Waals surface area contributed by atoms with E-state index < -0.39 is 5.97 Å². The van der Waals surface area contributed by atoms with Gasteiger partial charge in [-0.3, -0.25) is 4.79 Å². The zero-order valence-electron chi connectivity index (χ0n) is 10.4. The molecule has 0 aromatic carbocycles. The summed E-state index contributed by atoms with van der Waals surface area (Å²) in [5.41, 5.74) is 0.144. The monoisotopic (exact) mass is 373 g/mol. The number of aromatic carboxylic acids is 1. The minimum absolute atomic E-state index is 0.144. The fourth-order valence-corrected chi connectivity index (χ4v) is 3.99. The quantitative estimate of drug-likeness (QED) is 0.795. The number of anilines is 1. The molecular formula is C13H12BrNO3S2. The number of carboxylic acid groups (broad SMARTS) is 1. The standard InChI is InChI=1S/C13H12BrNO3S2/c14-10-5-4-8(20-10)2-1-3-11(16)15-12-9(13(17)18)6-7-19-12/h4-7H,1-3H2,(H,15,16)(H,17,18). The van der Waals surface area contributed by atoms with Gasteiger partial charge in [0.15, 0.2) is 0 Å². The van der Waals surface area contributed by atoms with Crippen LogP contribution in [0.3, 0.4) is 0 Å². The van der Waals surface area contributed by atoms with Gasteiger partial charge >= 0.3 is 5.97 Å². The van der Waals surface area contributed by atoms with Crippen molar-refractivity contribution >= 4 is 55.5 Å². The summed E-state index contributed by atoms with van der Waals surface area (Å²) >= 11 is 6.28. The maximum Gasteiger partial charge on any atom is 0.338 e. The molecule has 106 valence electrons. The SMILES string of the molecule is O=C(CCCc1ccc(Br)s1)Nc1sccc1C(=O)O. The Balaban J connectivity index is 1.80. The van der Waals surface area contributed by atoms with E-state index >= 15 is 0 Å². The highest BCUT2D eigenvalue weighted by Crippen LogP contribution is 2.25. The number of aryl methyl sites for hydroxylation is 1. The van der Waals surface area contributed by atoms with Crippen LogP contribution in [0.2, 0.25) is 0 Å². The van der Waals surface area contributed by atoms with E-state index in [1.165, 1.54) is 22.3 Å². The fourth-order valence-electron chi connectivity index (χ4n) is 1.67. The number of amides is 1. The van der Waals surface area contributed by atoms with Crippen molar-refractivity contribution in [2.75, 3.05) is 5.32 Å². The molecule has 2 aromatic rings. The second kappa shape index (κ2) is 7.01. The lowest BCUT2D eigenvalue weighted by Crippen LogP contribution is -2.12. The Bertz CT molecular complexity index is 621. The van der Waals surface area contributed by atoms with Crippen molar-refractivity contribution in [1.29, 1.82) is 0 Å². The molecule has 0 fully saturated rings. The number of hydrogen-bond acceptors (Lipinski definition) is 4. The van der Waals surface area contributed by atoms with Gasteiger partial charge in [0, 0.05) is 11.3 Å². The normalized spacial score (nSPS) is 10.4. The molecule has 1 amide bonds. The largest absolute Gasteiger partial charge is 0.478 e. The Morgan fingerprint density at radius 1 is 1.30 bits per heavy atom. The molecule has 0 saturated heterocycles. The van der Waals surface area contributed by atoms with Crippen LogP contribution in [0.25, 0.3) is 0 Å². The molecule has 0 unspecified atom stereocenters. The number of carboxylic acids is 1. The molecule has 0 spiro atoms. The van der Waals surface area contributed by atoms with E-state index in [9.17, 15) is 9.59 Å². The molecule has 0 aliphatic rings. The first kappa shape index (κ1) is 15.2. The summed E-state index contributed by atoms with van der Waals surface area (Å²) in [7, 11) is 0. The highest BCUT2D eigenvalue weighted by molar-refractivity contribution is 9.11. The van der Waals surface area contributed by atoms with Gasteiger partial charge in [0.2, 0.25) is 5.91 Å². The van der Waals surface area contributed by atoms with Crippen LogP contribution in [0.15, 0.2) is 27.4 Å². The van der Waals surface area contributed by atoms with Gasteiger partial charge in [-0.15, -0.1) is 22.7 Å². The van der Waals surface area contributed by atoms with Crippen molar-refractivity contribution in [2.24, 2.45) is 0 Å². The first-order chi connectivity index (χ1) is 9.56. The molecule has 2 N–H and O–H groups in total. The molecular weight excluding hydrogens is 362 g/mol.